The third kappa shape index (κ3) is 3.93. The predicted octanol–water partition coefficient (Wildman–Crippen LogP) is 2.02. The average Bonchev–Trinajstić information content (AvgIpc) is 3.08. The lowest BCUT2D eigenvalue weighted by Gasteiger charge is -2.23. The molecule has 2 amide bonds. The van der Waals surface area contributed by atoms with Gasteiger partial charge in [-0.2, -0.15) is 5.10 Å². The van der Waals surface area contributed by atoms with Crippen molar-refractivity contribution in [2.45, 2.75) is 44.2 Å². The van der Waals surface area contributed by atoms with E-state index in [1.807, 2.05) is 12.3 Å². The molecular formula is C16H23N5O2S. The summed E-state index contributed by atoms with van der Waals surface area (Å²) in [6, 6.07) is -0.496. The summed E-state index contributed by atoms with van der Waals surface area (Å²) in [6.45, 7) is 3.66. The predicted molar refractivity (Wildman–Crippen MR) is 91.8 cm³/mol. The van der Waals surface area contributed by atoms with E-state index in [2.05, 4.69) is 20.7 Å². The number of aromatic nitrogens is 3. The monoisotopic (exact) mass is 349 g/mol. The zero-order valence-electron chi connectivity index (χ0n) is 14.1. The molecule has 2 heterocycles. The SMILES string of the molecule is C[C@H](NC(=O)NC[C@@](C)(O)c1cnn(C)c1)c1csc(C2CC2)n1. The minimum Gasteiger partial charge on any atom is -0.383 e. The van der Waals surface area contributed by atoms with Crippen molar-refractivity contribution in [2.75, 3.05) is 6.54 Å². The number of urea groups is 1. The number of rotatable bonds is 6. The van der Waals surface area contributed by atoms with Crippen LogP contribution in [0.25, 0.3) is 0 Å². The van der Waals surface area contributed by atoms with E-state index in [1.165, 1.54) is 17.8 Å². The van der Waals surface area contributed by atoms with Gasteiger partial charge in [0.05, 0.1) is 29.5 Å². The molecule has 3 rings (SSSR count). The van der Waals surface area contributed by atoms with Gasteiger partial charge in [-0.1, -0.05) is 0 Å². The van der Waals surface area contributed by atoms with Crippen LogP contribution in [0.1, 0.15) is 54.9 Å². The smallest absolute Gasteiger partial charge is 0.315 e. The van der Waals surface area contributed by atoms with Crippen LogP contribution >= 0.6 is 11.3 Å². The molecule has 3 N–H and O–H groups in total. The Morgan fingerprint density at radius 3 is 2.96 bits per heavy atom. The van der Waals surface area contributed by atoms with E-state index in [4.69, 9.17) is 0 Å². The van der Waals surface area contributed by atoms with Crippen molar-refractivity contribution in [1.29, 1.82) is 0 Å². The molecule has 0 aliphatic heterocycles. The van der Waals surface area contributed by atoms with E-state index in [9.17, 15) is 9.90 Å². The summed E-state index contributed by atoms with van der Waals surface area (Å²) in [4.78, 5) is 16.7. The highest BCUT2D eigenvalue weighted by atomic mass is 32.1. The highest BCUT2D eigenvalue weighted by Gasteiger charge is 2.28. The van der Waals surface area contributed by atoms with Gasteiger partial charge in [0.2, 0.25) is 0 Å². The second-order valence-corrected chi connectivity index (χ2v) is 7.50. The maximum absolute atomic E-state index is 12.1. The van der Waals surface area contributed by atoms with Crippen molar-refractivity contribution in [1.82, 2.24) is 25.4 Å². The van der Waals surface area contributed by atoms with Crippen LogP contribution in [-0.2, 0) is 12.6 Å². The van der Waals surface area contributed by atoms with Crippen molar-refractivity contribution < 1.29 is 9.90 Å². The first kappa shape index (κ1) is 16.9. The van der Waals surface area contributed by atoms with E-state index in [1.54, 1.807) is 42.4 Å². The third-order valence-electron chi connectivity index (χ3n) is 4.18. The molecule has 0 aromatic carbocycles. The summed E-state index contributed by atoms with van der Waals surface area (Å²) < 4.78 is 1.62. The Morgan fingerprint density at radius 2 is 2.33 bits per heavy atom. The number of hydrogen-bond acceptors (Lipinski definition) is 5. The topological polar surface area (TPSA) is 92.1 Å². The maximum atomic E-state index is 12.1. The number of thiazole rings is 1. The first-order valence-corrected chi connectivity index (χ1v) is 8.94. The van der Waals surface area contributed by atoms with Gasteiger partial charge in [-0.15, -0.1) is 11.3 Å². The molecule has 2 atom stereocenters. The molecule has 1 aliphatic carbocycles. The Labute approximate surface area is 145 Å². The van der Waals surface area contributed by atoms with Gasteiger partial charge in [0, 0.05) is 30.1 Å². The Balaban J connectivity index is 1.51. The quantitative estimate of drug-likeness (QED) is 0.744. The molecule has 0 spiro atoms. The number of aryl methyl sites for hydroxylation is 1. The lowest BCUT2D eigenvalue weighted by atomic mass is 10.00. The fraction of sp³-hybridized carbons (Fsp3) is 0.562. The number of hydrogen-bond donors (Lipinski definition) is 3. The number of carbonyl (C=O) groups excluding carboxylic acids is 1. The molecular weight excluding hydrogens is 326 g/mol. The van der Waals surface area contributed by atoms with Gasteiger partial charge < -0.3 is 15.7 Å². The molecule has 1 aliphatic rings. The minimum atomic E-state index is -1.17. The van der Waals surface area contributed by atoms with Crippen LogP contribution < -0.4 is 10.6 Å². The summed E-state index contributed by atoms with van der Waals surface area (Å²) in [5.74, 6) is 0.624. The van der Waals surface area contributed by atoms with Crippen molar-refractivity contribution in [2.24, 2.45) is 7.05 Å². The fourth-order valence-electron chi connectivity index (χ4n) is 2.39. The lowest BCUT2D eigenvalue weighted by molar-refractivity contribution is 0.0592. The Hall–Kier alpha value is -1.93. The molecule has 2 aromatic rings. The highest BCUT2D eigenvalue weighted by Crippen LogP contribution is 2.41. The molecule has 24 heavy (non-hydrogen) atoms. The first-order valence-electron chi connectivity index (χ1n) is 8.06. The minimum absolute atomic E-state index is 0.0988. The van der Waals surface area contributed by atoms with E-state index in [0.717, 1.165) is 5.69 Å². The first-order chi connectivity index (χ1) is 11.3. The van der Waals surface area contributed by atoms with Crippen LogP contribution in [-0.4, -0.2) is 32.4 Å². The second-order valence-electron chi connectivity index (χ2n) is 6.61. The molecule has 0 unspecified atom stereocenters. The van der Waals surface area contributed by atoms with Crippen LogP contribution in [0.2, 0.25) is 0 Å². The third-order valence-corrected chi connectivity index (χ3v) is 5.20. The largest absolute Gasteiger partial charge is 0.383 e. The maximum Gasteiger partial charge on any atom is 0.315 e. The van der Waals surface area contributed by atoms with E-state index >= 15 is 0 Å². The van der Waals surface area contributed by atoms with Gasteiger partial charge in [0.1, 0.15) is 5.60 Å². The summed E-state index contributed by atoms with van der Waals surface area (Å²) in [5.41, 5.74) is 0.372. The van der Waals surface area contributed by atoms with Gasteiger partial charge in [-0.3, -0.25) is 4.68 Å². The Morgan fingerprint density at radius 1 is 1.58 bits per heavy atom. The molecule has 8 heteroatoms. The summed E-state index contributed by atoms with van der Waals surface area (Å²) >= 11 is 1.66. The van der Waals surface area contributed by atoms with E-state index in [-0.39, 0.29) is 18.6 Å². The second kappa shape index (κ2) is 6.52. The number of nitrogens with one attached hydrogen (secondary N) is 2. The standard InChI is InChI=1S/C16H23N5O2S/c1-10(13-8-24-14(20-13)11-4-5-11)19-15(22)17-9-16(2,23)12-6-18-21(3)7-12/h6-8,10-11,23H,4-5,9H2,1-3H3,(H2,17,19,22)/t10-,16+/m0/s1. The lowest BCUT2D eigenvalue weighted by Crippen LogP contribution is -2.44. The van der Waals surface area contributed by atoms with Crippen LogP contribution in [0.5, 0.6) is 0 Å². The van der Waals surface area contributed by atoms with Gasteiger partial charge in [-0.25, -0.2) is 9.78 Å². The van der Waals surface area contributed by atoms with Crippen molar-refractivity contribution in [3.05, 3.63) is 34.0 Å². The van der Waals surface area contributed by atoms with Crippen molar-refractivity contribution in [3.63, 3.8) is 0 Å². The van der Waals surface area contributed by atoms with Gasteiger partial charge in [0.15, 0.2) is 0 Å². The summed E-state index contributed by atoms with van der Waals surface area (Å²) in [5, 5.41) is 23.2. The van der Waals surface area contributed by atoms with Crippen LogP contribution in [0.15, 0.2) is 17.8 Å². The van der Waals surface area contributed by atoms with Gasteiger partial charge in [0.25, 0.3) is 0 Å². The normalized spacial score (nSPS) is 18.0. The van der Waals surface area contributed by atoms with Crippen molar-refractivity contribution >= 4 is 17.4 Å². The average molecular weight is 349 g/mol. The molecule has 130 valence electrons. The van der Waals surface area contributed by atoms with Crippen LogP contribution in [0.3, 0.4) is 0 Å². The van der Waals surface area contributed by atoms with Crippen molar-refractivity contribution in [3.8, 4) is 0 Å². The number of aliphatic hydroxyl groups is 1. The summed E-state index contributed by atoms with van der Waals surface area (Å²) in [6.07, 6.45) is 5.77. The van der Waals surface area contributed by atoms with Crippen LogP contribution in [0.4, 0.5) is 4.79 Å². The fourth-order valence-corrected chi connectivity index (χ4v) is 3.48. The molecule has 0 saturated heterocycles. The molecule has 1 saturated carbocycles. The van der Waals surface area contributed by atoms with Gasteiger partial charge in [-0.05, 0) is 26.7 Å². The number of amides is 2. The van der Waals surface area contributed by atoms with Crippen LogP contribution in [0, 0.1) is 0 Å². The molecule has 0 radical (unpaired) electrons. The Kier molecular flexibility index (Phi) is 4.60. The molecule has 1 fully saturated rings. The van der Waals surface area contributed by atoms with E-state index in [0.29, 0.717) is 11.5 Å². The van der Waals surface area contributed by atoms with E-state index < -0.39 is 5.60 Å². The van der Waals surface area contributed by atoms with Gasteiger partial charge >= 0.3 is 6.03 Å². The number of carbonyl (C=O) groups is 1. The Bertz CT molecular complexity index is 720. The summed E-state index contributed by atoms with van der Waals surface area (Å²) in [7, 11) is 1.78. The molecule has 0 bridgehead atoms. The number of nitrogens with zero attached hydrogens (tertiary/aromatic N) is 3. The highest BCUT2D eigenvalue weighted by molar-refractivity contribution is 7.09. The molecule has 7 nitrogen and oxygen atoms in total. The molecule has 2 aromatic heterocycles. The zero-order valence-corrected chi connectivity index (χ0v) is 14.9. The zero-order chi connectivity index (χ0) is 17.3.